The number of hydrogen-bond acceptors (Lipinski definition) is 3. The molecule has 0 saturated carbocycles. The van der Waals surface area contributed by atoms with Gasteiger partial charge in [-0.15, -0.1) is 0 Å². The second kappa shape index (κ2) is 9.18. The van der Waals surface area contributed by atoms with Crippen LogP contribution in [0.3, 0.4) is 0 Å². The predicted molar refractivity (Wildman–Crippen MR) is 83.2 cm³/mol. The second-order valence-corrected chi connectivity index (χ2v) is 4.93. The van der Waals surface area contributed by atoms with Crippen LogP contribution in [-0.2, 0) is 11.3 Å². The van der Waals surface area contributed by atoms with Gasteiger partial charge >= 0.3 is 0 Å². The van der Waals surface area contributed by atoms with E-state index in [4.69, 9.17) is 16.3 Å². The molecule has 0 amide bonds. The van der Waals surface area contributed by atoms with Crippen molar-refractivity contribution in [3.63, 3.8) is 0 Å². The summed E-state index contributed by atoms with van der Waals surface area (Å²) < 4.78 is 5.00. The van der Waals surface area contributed by atoms with Gasteiger partial charge in [-0.25, -0.2) is 0 Å². The molecular weight excluding hydrogens is 260 g/mol. The molecule has 3 nitrogen and oxygen atoms in total. The number of nitrogens with zero attached hydrogens (tertiary/aromatic N) is 1. The summed E-state index contributed by atoms with van der Waals surface area (Å²) in [5.74, 6) is 0. The van der Waals surface area contributed by atoms with E-state index in [0.717, 1.165) is 49.8 Å². The molecule has 19 heavy (non-hydrogen) atoms. The van der Waals surface area contributed by atoms with Crippen LogP contribution >= 0.6 is 11.6 Å². The van der Waals surface area contributed by atoms with Crippen molar-refractivity contribution in [2.75, 3.05) is 38.3 Å². The Labute approximate surface area is 121 Å². The smallest absolute Gasteiger partial charge is 0.0587 e. The average Bonchev–Trinajstić information content (AvgIpc) is 2.42. The van der Waals surface area contributed by atoms with Gasteiger partial charge in [0.1, 0.15) is 0 Å². The normalized spacial score (nSPS) is 10.7. The zero-order valence-corrected chi connectivity index (χ0v) is 13.0. The minimum Gasteiger partial charge on any atom is -0.383 e. The van der Waals surface area contributed by atoms with Gasteiger partial charge in [0.2, 0.25) is 0 Å². The maximum atomic E-state index is 6.35. The minimum absolute atomic E-state index is 0.718. The lowest BCUT2D eigenvalue weighted by Crippen LogP contribution is -2.23. The predicted octanol–water partition coefficient (Wildman–Crippen LogP) is 3.31. The fraction of sp³-hybridized carbons (Fsp3) is 0.600. The monoisotopic (exact) mass is 284 g/mol. The highest BCUT2D eigenvalue weighted by Crippen LogP contribution is 2.23. The number of nitrogens with one attached hydrogen (secondary N) is 1. The maximum absolute atomic E-state index is 6.35. The van der Waals surface area contributed by atoms with Crippen LogP contribution in [0.5, 0.6) is 0 Å². The van der Waals surface area contributed by atoms with Gasteiger partial charge in [0.05, 0.1) is 6.61 Å². The molecule has 1 N–H and O–H groups in total. The zero-order valence-electron chi connectivity index (χ0n) is 12.2. The highest BCUT2D eigenvalue weighted by Gasteiger charge is 2.06. The number of benzene rings is 1. The van der Waals surface area contributed by atoms with E-state index in [9.17, 15) is 0 Å². The fourth-order valence-corrected chi connectivity index (χ4v) is 2.25. The number of ether oxygens (including phenoxy) is 1. The molecule has 1 aromatic rings. The Morgan fingerprint density at radius 1 is 1.32 bits per heavy atom. The summed E-state index contributed by atoms with van der Waals surface area (Å²) in [5.41, 5.74) is 2.34. The third-order valence-corrected chi connectivity index (χ3v) is 3.43. The highest BCUT2D eigenvalue weighted by atomic mass is 35.5. The summed E-state index contributed by atoms with van der Waals surface area (Å²) in [5, 5.41) is 4.14. The molecule has 1 aromatic carbocycles. The van der Waals surface area contributed by atoms with Gasteiger partial charge in [-0.2, -0.15) is 0 Å². The third-order valence-electron chi connectivity index (χ3n) is 3.08. The summed E-state index contributed by atoms with van der Waals surface area (Å²) >= 11 is 6.35. The van der Waals surface area contributed by atoms with Crippen LogP contribution in [0.15, 0.2) is 18.2 Å². The van der Waals surface area contributed by atoms with E-state index >= 15 is 0 Å². The molecule has 0 aliphatic carbocycles. The number of methoxy groups -OCH3 is 1. The molecule has 0 radical (unpaired) electrons. The molecule has 0 saturated heterocycles. The summed E-state index contributed by atoms with van der Waals surface area (Å²) in [6.45, 7) is 8.78. The van der Waals surface area contributed by atoms with Crippen LogP contribution in [0.1, 0.15) is 25.8 Å². The van der Waals surface area contributed by atoms with Gasteiger partial charge in [0.15, 0.2) is 0 Å². The molecule has 108 valence electrons. The second-order valence-electron chi connectivity index (χ2n) is 4.52. The van der Waals surface area contributed by atoms with Crippen molar-refractivity contribution in [2.45, 2.75) is 26.8 Å². The molecule has 1 rings (SSSR count). The van der Waals surface area contributed by atoms with E-state index in [1.54, 1.807) is 7.11 Å². The Balaban J connectivity index is 2.62. The number of anilines is 1. The molecule has 0 aromatic heterocycles. The van der Waals surface area contributed by atoms with Gasteiger partial charge in [-0.3, -0.25) is 0 Å². The number of rotatable bonds is 9. The minimum atomic E-state index is 0.718. The van der Waals surface area contributed by atoms with E-state index in [1.165, 1.54) is 5.69 Å². The molecule has 0 heterocycles. The Kier molecular flexibility index (Phi) is 7.87. The average molecular weight is 285 g/mol. The summed E-state index contributed by atoms with van der Waals surface area (Å²) in [7, 11) is 1.70. The molecule has 4 heteroatoms. The summed E-state index contributed by atoms with van der Waals surface area (Å²) in [6.07, 6.45) is 1.14. The number of hydrogen-bond donors (Lipinski definition) is 1. The first-order valence-electron chi connectivity index (χ1n) is 6.95. The first-order valence-corrected chi connectivity index (χ1v) is 7.33. The quantitative estimate of drug-likeness (QED) is 0.704. The van der Waals surface area contributed by atoms with E-state index in [0.29, 0.717) is 0 Å². The maximum Gasteiger partial charge on any atom is 0.0587 e. The summed E-state index contributed by atoms with van der Waals surface area (Å²) in [6, 6.07) is 6.32. The van der Waals surface area contributed by atoms with Crippen molar-refractivity contribution in [1.82, 2.24) is 5.32 Å². The first-order chi connectivity index (χ1) is 9.22. The van der Waals surface area contributed by atoms with Gasteiger partial charge in [0, 0.05) is 44.0 Å². The van der Waals surface area contributed by atoms with Gasteiger partial charge in [-0.05, 0) is 31.0 Å². The molecule has 0 unspecified atom stereocenters. The third kappa shape index (κ3) is 5.39. The van der Waals surface area contributed by atoms with E-state index in [2.05, 4.69) is 42.3 Å². The van der Waals surface area contributed by atoms with E-state index in [-0.39, 0.29) is 0 Å². The van der Waals surface area contributed by atoms with Crippen LogP contribution in [0.4, 0.5) is 5.69 Å². The Hall–Kier alpha value is -0.770. The van der Waals surface area contributed by atoms with Crippen molar-refractivity contribution in [2.24, 2.45) is 0 Å². The lowest BCUT2D eigenvalue weighted by molar-refractivity contribution is 0.199. The van der Waals surface area contributed by atoms with Crippen LogP contribution < -0.4 is 10.2 Å². The van der Waals surface area contributed by atoms with Crippen molar-refractivity contribution in [1.29, 1.82) is 0 Å². The van der Waals surface area contributed by atoms with E-state index < -0.39 is 0 Å². The first kappa shape index (κ1) is 16.3. The number of halogens is 1. The lowest BCUT2D eigenvalue weighted by atomic mass is 10.2. The molecule has 0 aliphatic heterocycles. The molecule has 0 bridgehead atoms. The molecule has 0 fully saturated rings. The topological polar surface area (TPSA) is 24.5 Å². The van der Waals surface area contributed by atoms with Crippen LogP contribution in [0.2, 0.25) is 5.02 Å². The SMILES string of the molecule is CCCN(CC)c1ccc(CNCCOC)c(Cl)c1. The van der Waals surface area contributed by atoms with Gasteiger partial charge in [0.25, 0.3) is 0 Å². The van der Waals surface area contributed by atoms with Crippen LogP contribution in [-0.4, -0.2) is 33.4 Å². The standard InChI is InChI=1S/C15H25ClN2O/c1-4-9-18(5-2)14-7-6-13(15(16)11-14)12-17-8-10-19-3/h6-7,11,17H,4-5,8-10,12H2,1-3H3. The highest BCUT2D eigenvalue weighted by molar-refractivity contribution is 6.31. The molecule has 0 atom stereocenters. The summed E-state index contributed by atoms with van der Waals surface area (Å²) in [4.78, 5) is 2.34. The van der Waals surface area contributed by atoms with Crippen LogP contribution in [0.25, 0.3) is 0 Å². The van der Waals surface area contributed by atoms with E-state index in [1.807, 2.05) is 0 Å². The van der Waals surface area contributed by atoms with Crippen LogP contribution in [0, 0.1) is 0 Å². The van der Waals surface area contributed by atoms with Crippen molar-refractivity contribution in [3.05, 3.63) is 28.8 Å². The lowest BCUT2D eigenvalue weighted by Gasteiger charge is -2.23. The Morgan fingerprint density at radius 3 is 2.68 bits per heavy atom. The molecule has 0 spiro atoms. The van der Waals surface area contributed by atoms with Gasteiger partial charge < -0.3 is 15.0 Å². The molecule has 0 aliphatic rings. The van der Waals surface area contributed by atoms with Crippen molar-refractivity contribution in [3.8, 4) is 0 Å². The molecular formula is C15H25ClN2O. The van der Waals surface area contributed by atoms with Crippen molar-refractivity contribution < 1.29 is 4.74 Å². The Morgan fingerprint density at radius 2 is 2.11 bits per heavy atom. The van der Waals surface area contributed by atoms with Crippen molar-refractivity contribution >= 4 is 17.3 Å². The fourth-order valence-electron chi connectivity index (χ4n) is 2.01. The largest absolute Gasteiger partial charge is 0.383 e. The van der Waals surface area contributed by atoms with Gasteiger partial charge in [-0.1, -0.05) is 24.6 Å². The Bertz CT molecular complexity index is 371. The zero-order chi connectivity index (χ0) is 14.1.